The van der Waals surface area contributed by atoms with Crippen LogP contribution in [-0.4, -0.2) is 31.7 Å². The minimum Gasteiger partial charge on any atom is -0.462 e. The standard InChI is InChI=1S/C24H24N6O/c1-15-12-14-31-23(15)22-21(18-11-13-25-24(28-18)27-17-9-10-17)19-7-4-8-20(30(19)29-22)26-16-5-2-3-6-16/h2,4-5,7-8,11-14,16-17,26H,3,6,9-10H2,1H3,(H,25,27,28). The Labute approximate surface area is 180 Å². The predicted octanol–water partition coefficient (Wildman–Crippen LogP) is 5.06. The van der Waals surface area contributed by atoms with E-state index in [0.717, 1.165) is 52.5 Å². The summed E-state index contributed by atoms with van der Waals surface area (Å²) in [5.74, 6) is 2.38. The molecule has 7 heteroatoms. The van der Waals surface area contributed by atoms with Crippen LogP contribution in [0, 0.1) is 6.92 Å². The van der Waals surface area contributed by atoms with E-state index in [1.54, 1.807) is 12.5 Å². The second-order valence-electron chi connectivity index (χ2n) is 8.30. The summed E-state index contributed by atoms with van der Waals surface area (Å²) in [5, 5.41) is 12.0. The Morgan fingerprint density at radius 2 is 2.03 bits per heavy atom. The van der Waals surface area contributed by atoms with Crippen molar-refractivity contribution >= 4 is 17.3 Å². The van der Waals surface area contributed by atoms with Crippen LogP contribution < -0.4 is 10.6 Å². The molecular weight excluding hydrogens is 388 g/mol. The van der Waals surface area contributed by atoms with E-state index in [1.807, 2.05) is 23.6 Å². The van der Waals surface area contributed by atoms with Crippen molar-refractivity contribution in [1.82, 2.24) is 19.6 Å². The summed E-state index contributed by atoms with van der Waals surface area (Å²) in [7, 11) is 0. The van der Waals surface area contributed by atoms with Gasteiger partial charge in [-0.05, 0) is 62.4 Å². The first kappa shape index (κ1) is 18.2. The molecule has 4 heterocycles. The summed E-state index contributed by atoms with van der Waals surface area (Å²) in [5.41, 5.74) is 4.59. The van der Waals surface area contributed by atoms with Crippen molar-refractivity contribution in [3.05, 3.63) is 60.5 Å². The van der Waals surface area contributed by atoms with Crippen molar-refractivity contribution in [1.29, 1.82) is 0 Å². The molecule has 1 unspecified atom stereocenters. The maximum atomic E-state index is 5.85. The zero-order valence-electron chi connectivity index (χ0n) is 17.4. The van der Waals surface area contributed by atoms with Crippen molar-refractivity contribution in [2.75, 3.05) is 10.6 Å². The maximum Gasteiger partial charge on any atom is 0.223 e. The van der Waals surface area contributed by atoms with Crippen LogP contribution in [0.15, 0.2) is 59.4 Å². The molecule has 0 radical (unpaired) electrons. The Bertz CT molecular complexity index is 1280. The number of furan rings is 1. The average molecular weight is 412 g/mol. The van der Waals surface area contributed by atoms with Crippen LogP contribution in [0.25, 0.3) is 28.2 Å². The normalized spacial score (nSPS) is 18.0. The molecule has 4 aromatic heterocycles. The molecule has 0 spiro atoms. The molecule has 1 fully saturated rings. The van der Waals surface area contributed by atoms with Crippen LogP contribution >= 0.6 is 0 Å². The molecule has 0 bridgehead atoms. The Morgan fingerprint density at radius 1 is 1.10 bits per heavy atom. The van der Waals surface area contributed by atoms with Crippen LogP contribution in [-0.2, 0) is 0 Å². The molecule has 0 aromatic carbocycles. The summed E-state index contributed by atoms with van der Waals surface area (Å²) in [6, 6.07) is 10.9. The number of aryl methyl sites for hydroxylation is 1. The van der Waals surface area contributed by atoms with E-state index in [2.05, 4.69) is 46.0 Å². The van der Waals surface area contributed by atoms with Crippen molar-refractivity contribution in [3.63, 3.8) is 0 Å². The van der Waals surface area contributed by atoms with Gasteiger partial charge >= 0.3 is 0 Å². The van der Waals surface area contributed by atoms with Crippen LogP contribution in [0.5, 0.6) is 0 Å². The topological polar surface area (TPSA) is 80.3 Å². The number of nitrogens with zero attached hydrogens (tertiary/aromatic N) is 4. The highest BCUT2D eigenvalue weighted by molar-refractivity contribution is 5.91. The number of rotatable bonds is 6. The van der Waals surface area contributed by atoms with Gasteiger partial charge in [0.15, 0.2) is 5.76 Å². The quantitative estimate of drug-likeness (QED) is 0.431. The van der Waals surface area contributed by atoms with Crippen LogP contribution in [0.1, 0.15) is 31.2 Å². The van der Waals surface area contributed by atoms with Gasteiger partial charge in [0, 0.05) is 18.3 Å². The van der Waals surface area contributed by atoms with Gasteiger partial charge in [0.05, 0.1) is 23.0 Å². The lowest BCUT2D eigenvalue weighted by molar-refractivity contribution is 0.578. The van der Waals surface area contributed by atoms with E-state index < -0.39 is 0 Å². The second kappa shape index (κ2) is 7.27. The van der Waals surface area contributed by atoms with Gasteiger partial charge in [-0.15, -0.1) is 0 Å². The largest absolute Gasteiger partial charge is 0.462 e. The third-order valence-electron chi connectivity index (χ3n) is 5.90. The summed E-state index contributed by atoms with van der Waals surface area (Å²) >= 11 is 0. The van der Waals surface area contributed by atoms with E-state index in [4.69, 9.17) is 14.5 Å². The van der Waals surface area contributed by atoms with E-state index in [-0.39, 0.29) is 0 Å². The maximum absolute atomic E-state index is 5.85. The predicted molar refractivity (Wildman–Crippen MR) is 121 cm³/mol. The van der Waals surface area contributed by atoms with Gasteiger partial charge in [-0.25, -0.2) is 14.5 Å². The highest BCUT2D eigenvalue weighted by Gasteiger charge is 2.25. The highest BCUT2D eigenvalue weighted by Crippen LogP contribution is 2.37. The number of allylic oxidation sites excluding steroid dienone is 1. The van der Waals surface area contributed by atoms with E-state index in [9.17, 15) is 0 Å². The monoisotopic (exact) mass is 412 g/mol. The highest BCUT2D eigenvalue weighted by atomic mass is 16.3. The minimum atomic E-state index is 0.320. The third kappa shape index (κ3) is 3.36. The van der Waals surface area contributed by atoms with Crippen LogP contribution in [0.2, 0.25) is 0 Å². The number of pyridine rings is 1. The molecule has 0 amide bonds. The molecule has 0 aliphatic heterocycles. The molecular formula is C24H24N6O. The fourth-order valence-corrected chi connectivity index (χ4v) is 4.13. The van der Waals surface area contributed by atoms with Gasteiger partial charge in [-0.1, -0.05) is 18.2 Å². The van der Waals surface area contributed by atoms with Gasteiger partial charge in [-0.3, -0.25) is 0 Å². The minimum absolute atomic E-state index is 0.320. The van der Waals surface area contributed by atoms with Gasteiger partial charge in [0.2, 0.25) is 5.95 Å². The molecule has 7 nitrogen and oxygen atoms in total. The van der Waals surface area contributed by atoms with Crippen molar-refractivity contribution < 1.29 is 4.42 Å². The lowest BCUT2D eigenvalue weighted by Gasteiger charge is -2.13. The molecule has 31 heavy (non-hydrogen) atoms. The molecule has 2 aliphatic carbocycles. The van der Waals surface area contributed by atoms with Crippen LogP contribution in [0.3, 0.4) is 0 Å². The Hall–Kier alpha value is -3.61. The molecule has 156 valence electrons. The average Bonchev–Trinajstić information content (AvgIpc) is 3.16. The Kier molecular flexibility index (Phi) is 4.26. The van der Waals surface area contributed by atoms with E-state index in [0.29, 0.717) is 18.0 Å². The summed E-state index contributed by atoms with van der Waals surface area (Å²) in [6.07, 6.45) is 12.5. The molecule has 2 aliphatic rings. The zero-order chi connectivity index (χ0) is 20.8. The van der Waals surface area contributed by atoms with E-state index >= 15 is 0 Å². The first-order valence-electron chi connectivity index (χ1n) is 10.9. The fourth-order valence-electron chi connectivity index (χ4n) is 4.13. The lowest BCUT2D eigenvalue weighted by Crippen LogP contribution is -2.16. The first-order chi connectivity index (χ1) is 15.3. The Morgan fingerprint density at radius 3 is 2.81 bits per heavy atom. The number of hydrogen-bond donors (Lipinski definition) is 2. The number of anilines is 2. The molecule has 1 saturated carbocycles. The van der Waals surface area contributed by atoms with Crippen molar-refractivity contribution in [2.45, 2.75) is 44.7 Å². The van der Waals surface area contributed by atoms with Gasteiger partial charge < -0.3 is 15.1 Å². The van der Waals surface area contributed by atoms with Crippen LogP contribution in [0.4, 0.5) is 11.8 Å². The number of aromatic nitrogens is 4. The van der Waals surface area contributed by atoms with Gasteiger partial charge in [0.25, 0.3) is 0 Å². The fraction of sp³-hybridized carbons (Fsp3) is 0.292. The molecule has 0 saturated heterocycles. The molecule has 1 atom stereocenters. The second-order valence-corrected chi connectivity index (χ2v) is 8.30. The molecule has 4 aromatic rings. The summed E-state index contributed by atoms with van der Waals surface area (Å²) in [4.78, 5) is 9.24. The van der Waals surface area contributed by atoms with Gasteiger partial charge in [0.1, 0.15) is 11.5 Å². The first-order valence-corrected chi connectivity index (χ1v) is 10.9. The summed E-state index contributed by atoms with van der Waals surface area (Å²) < 4.78 is 7.82. The van der Waals surface area contributed by atoms with Crippen molar-refractivity contribution in [2.24, 2.45) is 0 Å². The number of hydrogen-bond acceptors (Lipinski definition) is 6. The SMILES string of the molecule is Cc1ccoc1-c1nn2c(NC3C=CCC3)cccc2c1-c1ccnc(NC2CC2)n1. The smallest absolute Gasteiger partial charge is 0.223 e. The molecule has 2 N–H and O–H groups in total. The summed E-state index contributed by atoms with van der Waals surface area (Å²) in [6.45, 7) is 2.04. The zero-order valence-corrected chi connectivity index (χ0v) is 17.4. The van der Waals surface area contributed by atoms with Gasteiger partial charge in [-0.2, -0.15) is 5.10 Å². The van der Waals surface area contributed by atoms with Crippen molar-refractivity contribution in [3.8, 4) is 22.7 Å². The lowest BCUT2D eigenvalue weighted by atomic mass is 10.1. The molecule has 6 rings (SSSR count). The Balaban J connectivity index is 1.53. The third-order valence-corrected chi connectivity index (χ3v) is 5.90. The number of fused-ring (bicyclic) bond motifs is 1. The number of nitrogens with one attached hydrogen (secondary N) is 2. The van der Waals surface area contributed by atoms with E-state index in [1.165, 1.54) is 12.8 Å².